The zero-order valence-electron chi connectivity index (χ0n) is 21.5. The van der Waals surface area contributed by atoms with E-state index in [1.807, 2.05) is 61.7 Å². The first kappa shape index (κ1) is 26.0. The van der Waals surface area contributed by atoms with Crippen molar-refractivity contribution in [2.24, 2.45) is 0 Å². The van der Waals surface area contributed by atoms with Gasteiger partial charge in [0.15, 0.2) is 6.29 Å². The molecule has 0 unspecified atom stereocenters. The molecule has 196 valence electrons. The molecule has 5 rings (SSSR count). The highest BCUT2D eigenvalue weighted by Crippen LogP contribution is 2.38. The van der Waals surface area contributed by atoms with Crippen LogP contribution in [0.15, 0.2) is 85.5 Å². The van der Waals surface area contributed by atoms with Gasteiger partial charge in [-0.2, -0.15) is 0 Å². The van der Waals surface area contributed by atoms with E-state index in [0.717, 1.165) is 35.3 Å². The number of aliphatic hydroxyl groups excluding tert-OH is 1. The Morgan fingerprint density at radius 3 is 2.13 bits per heavy atom. The number of imide groups is 1. The van der Waals surface area contributed by atoms with E-state index in [0.29, 0.717) is 17.5 Å². The Balaban J connectivity index is 1.32. The van der Waals surface area contributed by atoms with E-state index in [1.54, 1.807) is 24.3 Å². The largest absolute Gasteiger partial charge is 0.392 e. The van der Waals surface area contributed by atoms with Crippen LogP contribution in [0.3, 0.4) is 0 Å². The summed E-state index contributed by atoms with van der Waals surface area (Å²) < 4.78 is 12.8. The van der Waals surface area contributed by atoms with Crippen LogP contribution in [0.25, 0.3) is 0 Å². The average Bonchev–Trinajstić information content (AvgIpc) is 3.18. The van der Waals surface area contributed by atoms with Crippen LogP contribution in [-0.2, 0) is 22.6 Å². The van der Waals surface area contributed by atoms with Gasteiger partial charge in [0.1, 0.15) is 0 Å². The first-order valence-corrected chi connectivity index (χ1v) is 12.8. The van der Waals surface area contributed by atoms with Gasteiger partial charge in [-0.1, -0.05) is 66.7 Å². The quantitative estimate of drug-likeness (QED) is 0.333. The molecule has 0 saturated carbocycles. The molecular formula is C31H32N2O5. The highest BCUT2D eigenvalue weighted by atomic mass is 16.7. The van der Waals surface area contributed by atoms with Crippen molar-refractivity contribution < 1.29 is 24.2 Å². The molecule has 7 heteroatoms. The second-order valence-electron chi connectivity index (χ2n) is 9.84. The van der Waals surface area contributed by atoms with Crippen molar-refractivity contribution in [3.05, 3.63) is 119 Å². The summed E-state index contributed by atoms with van der Waals surface area (Å²) in [4.78, 5) is 28.9. The van der Waals surface area contributed by atoms with Gasteiger partial charge in [0.2, 0.25) is 0 Å². The molecule has 0 spiro atoms. The van der Waals surface area contributed by atoms with Gasteiger partial charge in [-0.25, -0.2) is 0 Å². The number of carbonyl (C=O) groups is 2. The molecule has 0 aromatic heterocycles. The first-order chi connectivity index (χ1) is 18.5. The summed E-state index contributed by atoms with van der Waals surface area (Å²) in [5, 5.41) is 9.40. The van der Waals surface area contributed by atoms with Gasteiger partial charge < -0.3 is 19.5 Å². The Hall–Kier alpha value is -3.62. The lowest BCUT2D eigenvalue weighted by molar-refractivity contribution is -0.252. The smallest absolute Gasteiger partial charge is 0.261 e. The second kappa shape index (κ2) is 11.4. The van der Waals surface area contributed by atoms with E-state index < -0.39 is 6.29 Å². The van der Waals surface area contributed by atoms with Gasteiger partial charge in [0.05, 0.1) is 36.5 Å². The minimum absolute atomic E-state index is 0.000424. The van der Waals surface area contributed by atoms with Crippen LogP contribution in [0.4, 0.5) is 0 Å². The van der Waals surface area contributed by atoms with Crippen molar-refractivity contribution in [1.82, 2.24) is 9.80 Å². The number of nitrogens with zero attached hydrogens (tertiary/aromatic N) is 2. The number of hydrogen-bond acceptors (Lipinski definition) is 6. The van der Waals surface area contributed by atoms with Crippen LogP contribution < -0.4 is 0 Å². The average molecular weight is 513 g/mol. The number of fused-ring (bicyclic) bond motifs is 1. The van der Waals surface area contributed by atoms with Crippen molar-refractivity contribution in [2.45, 2.75) is 38.1 Å². The first-order valence-electron chi connectivity index (χ1n) is 12.8. The molecule has 2 aliphatic rings. The Morgan fingerprint density at radius 2 is 1.53 bits per heavy atom. The Bertz CT molecular complexity index is 1270. The number of aliphatic hydroxyl groups is 1. The van der Waals surface area contributed by atoms with E-state index in [1.165, 1.54) is 4.90 Å². The van der Waals surface area contributed by atoms with Gasteiger partial charge in [0.25, 0.3) is 11.8 Å². The normalized spacial score (nSPS) is 21.1. The van der Waals surface area contributed by atoms with Crippen molar-refractivity contribution in [1.29, 1.82) is 0 Å². The molecule has 3 atom stereocenters. The number of ether oxygens (including phenoxy) is 2. The molecule has 1 N–H and O–H groups in total. The number of rotatable bonds is 9. The van der Waals surface area contributed by atoms with E-state index in [-0.39, 0.29) is 37.2 Å². The Labute approximate surface area is 222 Å². The summed E-state index contributed by atoms with van der Waals surface area (Å²) in [5.41, 5.74) is 4.50. The molecule has 0 bridgehead atoms. The maximum Gasteiger partial charge on any atom is 0.261 e. The lowest BCUT2D eigenvalue weighted by Gasteiger charge is -2.37. The topological polar surface area (TPSA) is 79.3 Å². The molecule has 7 nitrogen and oxygen atoms in total. The maximum absolute atomic E-state index is 12.7. The van der Waals surface area contributed by atoms with Crippen LogP contribution in [0.2, 0.25) is 0 Å². The molecule has 0 aliphatic carbocycles. The summed E-state index contributed by atoms with van der Waals surface area (Å²) in [6.07, 6.45) is 1.78. The maximum atomic E-state index is 12.7. The molecule has 1 fully saturated rings. The third-order valence-electron chi connectivity index (χ3n) is 7.04. The minimum atomic E-state index is -0.568. The summed E-state index contributed by atoms with van der Waals surface area (Å²) in [6.45, 7) is 5.52. The zero-order valence-corrected chi connectivity index (χ0v) is 21.5. The van der Waals surface area contributed by atoms with Crippen LogP contribution in [-0.4, -0.2) is 53.0 Å². The SMILES string of the molecule is C=CCN(C)C[C@@H]1C[C@H](c2ccc(CO)cc2)O[C@H](c2ccc(CN3C(=O)c4ccccc4C3=O)cc2)O1. The summed E-state index contributed by atoms with van der Waals surface area (Å²) >= 11 is 0. The monoisotopic (exact) mass is 512 g/mol. The number of benzene rings is 3. The van der Waals surface area contributed by atoms with Crippen LogP contribution in [0.1, 0.15) is 61.8 Å². The van der Waals surface area contributed by atoms with E-state index in [9.17, 15) is 14.7 Å². The fourth-order valence-electron chi connectivity index (χ4n) is 5.02. The fraction of sp³-hybridized carbons (Fsp3) is 0.290. The van der Waals surface area contributed by atoms with Crippen molar-refractivity contribution in [3.63, 3.8) is 0 Å². The minimum Gasteiger partial charge on any atom is -0.392 e. The van der Waals surface area contributed by atoms with Gasteiger partial charge in [-0.15, -0.1) is 6.58 Å². The van der Waals surface area contributed by atoms with Gasteiger partial charge >= 0.3 is 0 Å². The predicted molar refractivity (Wildman–Crippen MR) is 143 cm³/mol. The molecule has 2 heterocycles. The molecule has 3 aromatic carbocycles. The molecular weight excluding hydrogens is 480 g/mol. The second-order valence-corrected chi connectivity index (χ2v) is 9.84. The van der Waals surface area contributed by atoms with Gasteiger partial charge in [0, 0.05) is 25.1 Å². The third kappa shape index (κ3) is 5.47. The number of amides is 2. The standard InChI is InChI=1S/C31H32N2O5/c1-3-16-32(2)19-25-17-28(23-12-10-22(20-34)11-13-23)38-31(37-25)24-14-8-21(9-15-24)18-33-29(35)26-6-4-5-7-27(26)30(33)36/h3-15,25,28,31,34H,1,16-20H2,2H3/t25-,28+,31+/m0/s1. The molecule has 0 radical (unpaired) electrons. The van der Waals surface area contributed by atoms with Crippen molar-refractivity contribution in [2.75, 3.05) is 20.1 Å². The lowest BCUT2D eigenvalue weighted by atomic mass is 9.99. The summed E-state index contributed by atoms with van der Waals surface area (Å²) in [5.74, 6) is -0.537. The molecule has 38 heavy (non-hydrogen) atoms. The van der Waals surface area contributed by atoms with Gasteiger partial charge in [-0.3, -0.25) is 14.5 Å². The van der Waals surface area contributed by atoms with Crippen LogP contribution in [0, 0.1) is 0 Å². The van der Waals surface area contributed by atoms with Crippen LogP contribution >= 0.6 is 0 Å². The molecule has 2 amide bonds. The highest BCUT2D eigenvalue weighted by molar-refractivity contribution is 6.21. The molecule has 2 aliphatic heterocycles. The Morgan fingerprint density at radius 1 is 0.921 bits per heavy atom. The number of likely N-dealkylation sites (N-methyl/N-ethyl adjacent to an activating group) is 1. The number of hydrogen-bond donors (Lipinski definition) is 1. The lowest BCUT2D eigenvalue weighted by Crippen LogP contribution is -2.37. The van der Waals surface area contributed by atoms with E-state index in [4.69, 9.17) is 9.47 Å². The third-order valence-corrected chi connectivity index (χ3v) is 7.04. The van der Waals surface area contributed by atoms with Gasteiger partial charge in [-0.05, 0) is 35.9 Å². The van der Waals surface area contributed by atoms with Crippen molar-refractivity contribution in [3.8, 4) is 0 Å². The van der Waals surface area contributed by atoms with Crippen LogP contribution in [0.5, 0.6) is 0 Å². The van der Waals surface area contributed by atoms with E-state index in [2.05, 4.69) is 11.5 Å². The molecule has 3 aromatic rings. The number of carbonyl (C=O) groups excluding carboxylic acids is 2. The predicted octanol–water partition coefficient (Wildman–Crippen LogP) is 4.64. The summed E-state index contributed by atoms with van der Waals surface area (Å²) in [6, 6.07) is 22.4. The highest BCUT2D eigenvalue weighted by Gasteiger charge is 2.35. The Kier molecular flexibility index (Phi) is 7.81. The summed E-state index contributed by atoms with van der Waals surface area (Å²) in [7, 11) is 2.04. The zero-order chi connectivity index (χ0) is 26.6. The fourth-order valence-corrected chi connectivity index (χ4v) is 5.02. The molecule has 1 saturated heterocycles. The van der Waals surface area contributed by atoms with E-state index >= 15 is 0 Å². The van der Waals surface area contributed by atoms with Crippen molar-refractivity contribution >= 4 is 11.8 Å².